The zero-order chi connectivity index (χ0) is 18.6. The molecule has 0 saturated carbocycles. The highest BCUT2D eigenvalue weighted by atomic mass is 79.9. The molecule has 0 aliphatic rings. The molecular weight excluding hydrogens is 448 g/mol. The van der Waals surface area contributed by atoms with Crippen molar-refractivity contribution in [2.24, 2.45) is 0 Å². The quantitative estimate of drug-likeness (QED) is 0.369. The van der Waals surface area contributed by atoms with Crippen molar-refractivity contribution >= 4 is 37.8 Å². The lowest BCUT2D eigenvalue weighted by Gasteiger charge is -2.22. The number of halogens is 2. The summed E-state index contributed by atoms with van der Waals surface area (Å²) >= 11 is 6.93. The molecule has 0 aliphatic heterocycles. The van der Waals surface area contributed by atoms with Crippen molar-refractivity contribution in [3.8, 4) is 11.5 Å². The van der Waals surface area contributed by atoms with Gasteiger partial charge in [0, 0.05) is 10.0 Å². The molecule has 0 atom stereocenters. The second-order valence-corrected chi connectivity index (χ2v) is 8.54. The van der Waals surface area contributed by atoms with E-state index in [4.69, 9.17) is 9.47 Å². The maximum Gasteiger partial charge on any atom is 0.343 e. The van der Waals surface area contributed by atoms with Gasteiger partial charge in [-0.2, -0.15) is 0 Å². The van der Waals surface area contributed by atoms with Gasteiger partial charge in [-0.05, 0) is 64.2 Å². The van der Waals surface area contributed by atoms with Crippen LogP contribution in [-0.2, 0) is 5.41 Å². The van der Waals surface area contributed by atoms with Gasteiger partial charge in [0.2, 0.25) is 0 Å². The molecule has 0 aromatic heterocycles. The van der Waals surface area contributed by atoms with Crippen LogP contribution < -0.4 is 9.47 Å². The summed E-state index contributed by atoms with van der Waals surface area (Å²) in [7, 11) is 0. The lowest BCUT2D eigenvalue weighted by Crippen LogP contribution is -2.16. The van der Waals surface area contributed by atoms with Gasteiger partial charge in [-0.1, -0.05) is 43.6 Å². The number of carbonyl (C=O) groups is 1. The van der Waals surface area contributed by atoms with Crippen molar-refractivity contribution in [2.75, 3.05) is 6.61 Å². The van der Waals surface area contributed by atoms with Crippen LogP contribution >= 0.6 is 31.9 Å². The number of benzene rings is 2. The molecule has 2 aromatic rings. The van der Waals surface area contributed by atoms with Crippen molar-refractivity contribution in [1.82, 2.24) is 0 Å². The Bertz CT molecular complexity index is 764. The van der Waals surface area contributed by atoms with E-state index in [1.807, 2.05) is 25.1 Å². The highest BCUT2D eigenvalue weighted by molar-refractivity contribution is 9.10. The van der Waals surface area contributed by atoms with E-state index in [0.29, 0.717) is 17.9 Å². The van der Waals surface area contributed by atoms with Gasteiger partial charge in [-0.25, -0.2) is 4.79 Å². The van der Waals surface area contributed by atoms with Gasteiger partial charge in [0.1, 0.15) is 11.5 Å². The van der Waals surface area contributed by atoms with Crippen molar-refractivity contribution in [1.29, 1.82) is 0 Å². The Balaban J connectivity index is 2.24. The summed E-state index contributed by atoms with van der Waals surface area (Å²) in [6.07, 6.45) is 0.926. The minimum absolute atomic E-state index is 0.141. The Morgan fingerprint density at radius 3 is 2.32 bits per heavy atom. The molecule has 3 nitrogen and oxygen atoms in total. The molecule has 0 amide bonds. The molecule has 134 valence electrons. The highest BCUT2D eigenvalue weighted by Crippen LogP contribution is 2.34. The summed E-state index contributed by atoms with van der Waals surface area (Å²) in [5.41, 5.74) is 1.30. The largest absolute Gasteiger partial charge is 0.492 e. The van der Waals surface area contributed by atoms with Crippen LogP contribution in [0, 0.1) is 0 Å². The van der Waals surface area contributed by atoms with E-state index in [2.05, 4.69) is 52.6 Å². The second-order valence-electron chi connectivity index (χ2n) is 6.77. The lowest BCUT2D eigenvalue weighted by molar-refractivity contribution is 0.0731. The predicted molar refractivity (Wildman–Crippen MR) is 108 cm³/mol. The molecule has 0 saturated heterocycles. The Hall–Kier alpha value is -1.33. The molecular formula is C20H22Br2O3. The van der Waals surface area contributed by atoms with Crippen LogP contribution in [-0.4, -0.2) is 12.6 Å². The van der Waals surface area contributed by atoms with Crippen LogP contribution in [0.5, 0.6) is 11.5 Å². The first-order chi connectivity index (χ1) is 11.7. The van der Waals surface area contributed by atoms with Crippen LogP contribution in [0.2, 0.25) is 0 Å². The minimum Gasteiger partial charge on any atom is -0.492 e. The topological polar surface area (TPSA) is 35.5 Å². The first-order valence-electron chi connectivity index (χ1n) is 8.17. The molecule has 2 aromatic carbocycles. The smallest absolute Gasteiger partial charge is 0.343 e. The first-order valence-corrected chi connectivity index (χ1v) is 9.75. The maximum absolute atomic E-state index is 12.6. The molecule has 25 heavy (non-hydrogen) atoms. The van der Waals surface area contributed by atoms with Crippen molar-refractivity contribution in [3.05, 3.63) is 56.5 Å². The Labute approximate surface area is 166 Å². The van der Waals surface area contributed by atoms with Crippen LogP contribution in [0.15, 0.2) is 45.3 Å². The van der Waals surface area contributed by atoms with Gasteiger partial charge in [0.25, 0.3) is 0 Å². The monoisotopic (exact) mass is 468 g/mol. The van der Waals surface area contributed by atoms with E-state index < -0.39 is 5.97 Å². The third kappa shape index (κ3) is 5.32. The fourth-order valence-corrected chi connectivity index (χ4v) is 3.15. The summed E-state index contributed by atoms with van der Waals surface area (Å²) in [5.74, 6) is 0.899. The minimum atomic E-state index is -0.393. The number of esters is 1. The molecule has 0 fully saturated rings. The normalized spacial score (nSPS) is 11.3. The number of rotatable bonds is 5. The summed E-state index contributed by atoms with van der Waals surface area (Å²) in [4.78, 5) is 12.6. The summed E-state index contributed by atoms with van der Waals surface area (Å²) in [6, 6.07) is 10.9. The third-order valence-electron chi connectivity index (χ3n) is 3.58. The summed E-state index contributed by atoms with van der Waals surface area (Å²) in [5, 5.41) is 0. The number of ether oxygens (including phenoxy) is 2. The van der Waals surface area contributed by atoms with E-state index in [1.54, 1.807) is 18.2 Å². The molecule has 0 heterocycles. The third-order valence-corrected chi connectivity index (χ3v) is 4.69. The molecule has 0 radical (unpaired) electrons. The average Bonchev–Trinajstić information content (AvgIpc) is 2.54. The van der Waals surface area contributed by atoms with Gasteiger partial charge in [0.15, 0.2) is 0 Å². The second kappa shape index (κ2) is 8.37. The predicted octanol–water partition coefficient (Wildman–Crippen LogP) is 6.52. The molecule has 5 heteroatoms. The van der Waals surface area contributed by atoms with Gasteiger partial charge in [0.05, 0.1) is 16.6 Å². The number of hydrogen-bond donors (Lipinski definition) is 0. The van der Waals surface area contributed by atoms with E-state index in [9.17, 15) is 4.79 Å². The van der Waals surface area contributed by atoms with Crippen LogP contribution in [0.1, 0.15) is 50.0 Å². The van der Waals surface area contributed by atoms with Gasteiger partial charge in [-0.3, -0.25) is 0 Å². The fraction of sp³-hybridized carbons (Fsp3) is 0.350. The SMILES string of the molecule is CCCOc1ccc(C(=O)Oc2ccc(Br)cc2C(C)(C)C)cc1Br. The van der Waals surface area contributed by atoms with Crippen molar-refractivity contribution in [3.63, 3.8) is 0 Å². The number of carbonyl (C=O) groups excluding carboxylic acids is 1. The standard InChI is InChI=1S/C20H22Br2O3/c1-5-10-24-18-8-6-13(11-16(18)22)19(23)25-17-9-7-14(21)12-15(17)20(2,3)4/h6-9,11-12H,5,10H2,1-4H3. The number of hydrogen-bond acceptors (Lipinski definition) is 3. The highest BCUT2D eigenvalue weighted by Gasteiger charge is 2.22. The Morgan fingerprint density at radius 1 is 1.04 bits per heavy atom. The zero-order valence-corrected chi connectivity index (χ0v) is 18.0. The average molecular weight is 470 g/mol. The van der Waals surface area contributed by atoms with E-state index >= 15 is 0 Å². The van der Waals surface area contributed by atoms with Crippen molar-refractivity contribution < 1.29 is 14.3 Å². The molecule has 0 aliphatic carbocycles. The van der Waals surface area contributed by atoms with E-state index in [1.165, 1.54) is 0 Å². The van der Waals surface area contributed by atoms with Gasteiger partial charge >= 0.3 is 5.97 Å². The zero-order valence-electron chi connectivity index (χ0n) is 14.9. The Morgan fingerprint density at radius 2 is 1.72 bits per heavy atom. The summed E-state index contributed by atoms with van der Waals surface area (Å²) in [6.45, 7) is 8.94. The Kier molecular flexibility index (Phi) is 6.69. The molecule has 0 N–H and O–H groups in total. The molecule has 0 spiro atoms. The van der Waals surface area contributed by atoms with Crippen molar-refractivity contribution in [2.45, 2.75) is 39.5 Å². The van der Waals surface area contributed by atoms with Crippen LogP contribution in [0.3, 0.4) is 0 Å². The molecule has 0 bridgehead atoms. The summed E-state index contributed by atoms with van der Waals surface area (Å²) < 4.78 is 13.0. The molecule has 2 rings (SSSR count). The van der Waals surface area contributed by atoms with Gasteiger partial charge in [-0.15, -0.1) is 0 Å². The lowest BCUT2D eigenvalue weighted by atomic mass is 9.86. The fourth-order valence-electron chi connectivity index (χ4n) is 2.29. The molecule has 0 unspecified atom stereocenters. The van der Waals surface area contributed by atoms with Gasteiger partial charge < -0.3 is 9.47 Å². The van der Waals surface area contributed by atoms with Crippen LogP contribution in [0.25, 0.3) is 0 Å². The first kappa shape index (κ1) is 20.0. The van der Waals surface area contributed by atoms with E-state index in [0.717, 1.165) is 26.7 Å². The van der Waals surface area contributed by atoms with Crippen LogP contribution in [0.4, 0.5) is 0 Å². The maximum atomic E-state index is 12.6. The van der Waals surface area contributed by atoms with E-state index in [-0.39, 0.29) is 5.41 Å².